The number of carbonyl (C=O) groups excluding carboxylic acids is 1. The first-order valence-electron chi connectivity index (χ1n) is 4.69. The van der Waals surface area contributed by atoms with Crippen molar-refractivity contribution >= 4 is 5.78 Å². The maximum absolute atomic E-state index is 13.2. The van der Waals surface area contributed by atoms with Crippen LogP contribution in [0.15, 0.2) is 18.2 Å². The van der Waals surface area contributed by atoms with Crippen molar-refractivity contribution in [2.75, 3.05) is 13.1 Å². The number of halogens is 1. The Bertz CT molecular complexity index is 372. The van der Waals surface area contributed by atoms with E-state index in [-0.39, 0.29) is 17.5 Å². The quantitative estimate of drug-likeness (QED) is 0.722. The molecule has 1 aromatic carbocycles. The number of aryl methyl sites for hydroxylation is 1. The summed E-state index contributed by atoms with van der Waals surface area (Å²) in [7, 11) is 0. The number of carbonyl (C=O) groups is 1. The van der Waals surface area contributed by atoms with E-state index in [2.05, 4.69) is 5.32 Å². The zero-order valence-corrected chi connectivity index (χ0v) is 8.01. The highest BCUT2D eigenvalue weighted by Crippen LogP contribution is 2.15. The van der Waals surface area contributed by atoms with E-state index < -0.39 is 0 Å². The summed E-state index contributed by atoms with van der Waals surface area (Å²) in [5.74, 6) is -0.220. The van der Waals surface area contributed by atoms with Crippen molar-refractivity contribution in [1.82, 2.24) is 5.32 Å². The molecule has 0 bridgehead atoms. The first-order valence-corrected chi connectivity index (χ1v) is 4.69. The molecule has 14 heavy (non-hydrogen) atoms. The van der Waals surface area contributed by atoms with Gasteiger partial charge in [-0.2, -0.15) is 0 Å². The number of nitrogens with one attached hydrogen (secondary N) is 1. The molecular formula is C11H12FNO. The summed E-state index contributed by atoms with van der Waals surface area (Å²) in [6, 6.07) is 4.67. The molecule has 0 spiro atoms. The van der Waals surface area contributed by atoms with Crippen LogP contribution in [0.25, 0.3) is 0 Å². The number of ketones is 1. The summed E-state index contributed by atoms with van der Waals surface area (Å²) in [5.41, 5.74) is 1.06. The lowest BCUT2D eigenvalue weighted by Crippen LogP contribution is -2.46. The number of Topliss-reactive ketones (excluding diaryl/α,β-unsaturated/α-hetero) is 1. The monoisotopic (exact) mass is 193 g/mol. The molecule has 3 heteroatoms. The third-order valence-electron chi connectivity index (χ3n) is 2.61. The molecule has 0 unspecified atom stereocenters. The van der Waals surface area contributed by atoms with Crippen molar-refractivity contribution < 1.29 is 9.18 Å². The Labute approximate surface area is 82.1 Å². The lowest BCUT2D eigenvalue weighted by atomic mass is 9.92. The van der Waals surface area contributed by atoms with Crippen molar-refractivity contribution in [1.29, 1.82) is 0 Å². The fraction of sp³-hybridized carbons (Fsp3) is 0.364. The molecule has 0 saturated carbocycles. The molecule has 0 aliphatic carbocycles. The highest BCUT2D eigenvalue weighted by atomic mass is 19.1. The number of benzene rings is 1. The average Bonchev–Trinajstić information content (AvgIpc) is 2.06. The Balaban J connectivity index is 2.23. The minimum Gasteiger partial charge on any atom is -0.315 e. The summed E-state index contributed by atoms with van der Waals surface area (Å²) in [6.07, 6.45) is 0. The molecular weight excluding hydrogens is 181 g/mol. The lowest BCUT2D eigenvalue weighted by molar-refractivity contribution is 0.0877. The molecule has 0 amide bonds. The third-order valence-corrected chi connectivity index (χ3v) is 2.61. The molecule has 1 aliphatic rings. The molecule has 1 aliphatic heterocycles. The predicted octanol–water partition coefficient (Wildman–Crippen LogP) is 1.54. The Kier molecular flexibility index (Phi) is 2.33. The van der Waals surface area contributed by atoms with Gasteiger partial charge < -0.3 is 5.32 Å². The van der Waals surface area contributed by atoms with E-state index in [0.29, 0.717) is 24.2 Å². The van der Waals surface area contributed by atoms with Gasteiger partial charge >= 0.3 is 0 Å². The van der Waals surface area contributed by atoms with E-state index in [0.717, 1.165) is 0 Å². The molecule has 1 heterocycles. The normalized spacial score (nSPS) is 16.4. The van der Waals surface area contributed by atoms with Crippen LogP contribution in [-0.2, 0) is 0 Å². The Morgan fingerprint density at radius 3 is 2.71 bits per heavy atom. The van der Waals surface area contributed by atoms with Gasteiger partial charge in [0.2, 0.25) is 0 Å². The predicted molar refractivity (Wildman–Crippen MR) is 51.8 cm³/mol. The van der Waals surface area contributed by atoms with Crippen LogP contribution in [-0.4, -0.2) is 18.9 Å². The van der Waals surface area contributed by atoms with Crippen molar-refractivity contribution in [2.45, 2.75) is 6.92 Å². The Hall–Kier alpha value is -1.22. The van der Waals surface area contributed by atoms with Gasteiger partial charge in [-0.1, -0.05) is 12.1 Å². The fourth-order valence-electron chi connectivity index (χ4n) is 1.46. The van der Waals surface area contributed by atoms with E-state index >= 15 is 0 Å². The summed E-state index contributed by atoms with van der Waals surface area (Å²) < 4.78 is 13.2. The van der Waals surface area contributed by atoms with Crippen LogP contribution >= 0.6 is 0 Å². The third kappa shape index (κ3) is 1.55. The van der Waals surface area contributed by atoms with Crippen LogP contribution in [0.1, 0.15) is 15.9 Å². The maximum atomic E-state index is 13.2. The molecule has 2 rings (SSSR count). The van der Waals surface area contributed by atoms with Crippen LogP contribution in [0.3, 0.4) is 0 Å². The topological polar surface area (TPSA) is 29.1 Å². The van der Waals surface area contributed by atoms with E-state index in [9.17, 15) is 9.18 Å². The second kappa shape index (κ2) is 3.50. The first kappa shape index (κ1) is 9.34. The van der Waals surface area contributed by atoms with Crippen molar-refractivity contribution in [2.24, 2.45) is 5.92 Å². The van der Waals surface area contributed by atoms with E-state index in [4.69, 9.17) is 0 Å². The SMILES string of the molecule is Cc1ccc(C(=O)C2CNC2)cc1F. The molecule has 1 N–H and O–H groups in total. The van der Waals surface area contributed by atoms with Gasteiger partial charge in [-0.05, 0) is 18.6 Å². The summed E-state index contributed by atoms with van der Waals surface area (Å²) in [4.78, 5) is 11.7. The minimum absolute atomic E-state index is 0.0390. The molecule has 0 radical (unpaired) electrons. The molecule has 1 fully saturated rings. The molecule has 1 saturated heterocycles. The van der Waals surface area contributed by atoms with Crippen molar-refractivity contribution in [3.05, 3.63) is 35.1 Å². The Morgan fingerprint density at radius 1 is 1.50 bits per heavy atom. The molecule has 1 aromatic rings. The number of hydrogen-bond acceptors (Lipinski definition) is 2. The molecule has 74 valence electrons. The van der Waals surface area contributed by atoms with Crippen molar-refractivity contribution in [3.8, 4) is 0 Å². The maximum Gasteiger partial charge on any atom is 0.168 e. The lowest BCUT2D eigenvalue weighted by Gasteiger charge is -2.25. The molecule has 0 atom stereocenters. The highest BCUT2D eigenvalue weighted by molar-refractivity contribution is 5.98. The van der Waals surface area contributed by atoms with E-state index in [1.165, 1.54) is 6.07 Å². The number of rotatable bonds is 2. The molecule has 0 aromatic heterocycles. The average molecular weight is 193 g/mol. The summed E-state index contributed by atoms with van der Waals surface area (Å²) >= 11 is 0. The standard InChI is InChI=1S/C11H12FNO/c1-7-2-3-8(4-10(7)12)11(14)9-5-13-6-9/h2-4,9,13H,5-6H2,1H3. The smallest absolute Gasteiger partial charge is 0.168 e. The van der Waals surface area contributed by atoms with Crippen LogP contribution in [0.5, 0.6) is 0 Å². The van der Waals surface area contributed by atoms with Crippen LogP contribution in [0.4, 0.5) is 4.39 Å². The van der Waals surface area contributed by atoms with Gasteiger partial charge in [-0.15, -0.1) is 0 Å². The Morgan fingerprint density at radius 2 is 2.21 bits per heavy atom. The summed E-state index contributed by atoms with van der Waals surface area (Å²) in [6.45, 7) is 3.12. The zero-order chi connectivity index (χ0) is 10.1. The fourth-order valence-corrected chi connectivity index (χ4v) is 1.46. The van der Waals surface area contributed by atoms with Gasteiger partial charge in [0.15, 0.2) is 5.78 Å². The first-order chi connectivity index (χ1) is 6.68. The van der Waals surface area contributed by atoms with Gasteiger partial charge in [0.05, 0.1) is 0 Å². The van der Waals surface area contributed by atoms with Gasteiger partial charge in [0.1, 0.15) is 5.82 Å². The zero-order valence-electron chi connectivity index (χ0n) is 8.01. The van der Waals surface area contributed by atoms with Crippen LogP contribution < -0.4 is 5.32 Å². The summed E-state index contributed by atoms with van der Waals surface area (Å²) in [5, 5.41) is 3.02. The van der Waals surface area contributed by atoms with E-state index in [1.807, 2.05) is 0 Å². The second-order valence-electron chi connectivity index (χ2n) is 3.68. The second-order valence-corrected chi connectivity index (χ2v) is 3.68. The van der Waals surface area contributed by atoms with Crippen LogP contribution in [0.2, 0.25) is 0 Å². The van der Waals surface area contributed by atoms with Gasteiger partial charge in [0, 0.05) is 24.6 Å². The van der Waals surface area contributed by atoms with Gasteiger partial charge in [0.25, 0.3) is 0 Å². The van der Waals surface area contributed by atoms with E-state index in [1.54, 1.807) is 19.1 Å². The minimum atomic E-state index is -0.303. The van der Waals surface area contributed by atoms with Gasteiger partial charge in [-0.3, -0.25) is 4.79 Å². The highest BCUT2D eigenvalue weighted by Gasteiger charge is 2.25. The van der Waals surface area contributed by atoms with Gasteiger partial charge in [-0.25, -0.2) is 4.39 Å². The molecule has 2 nitrogen and oxygen atoms in total. The largest absolute Gasteiger partial charge is 0.315 e. The van der Waals surface area contributed by atoms with Crippen molar-refractivity contribution in [3.63, 3.8) is 0 Å². The number of hydrogen-bond donors (Lipinski definition) is 1. The van der Waals surface area contributed by atoms with Crippen LogP contribution in [0, 0.1) is 18.7 Å².